The summed E-state index contributed by atoms with van der Waals surface area (Å²) >= 11 is 0. The van der Waals surface area contributed by atoms with Crippen molar-refractivity contribution in [2.75, 3.05) is 0 Å². The fourth-order valence-corrected chi connectivity index (χ4v) is 0.982. The minimum atomic E-state index is 0.305. The lowest BCUT2D eigenvalue weighted by molar-refractivity contribution is 0.666. The summed E-state index contributed by atoms with van der Waals surface area (Å²) in [5, 5.41) is 0. The number of nitrogens with two attached hydrogens (primary N) is 1. The first-order valence-electron chi connectivity index (χ1n) is 3.99. The van der Waals surface area contributed by atoms with Gasteiger partial charge in [-0.15, -0.1) is 0 Å². The molecule has 0 amide bonds. The summed E-state index contributed by atoms with van der Waals surface area (Å²) in [5.74, 6) is 0. The van der Waals surface area contributed by atoms with Crippen molar-refractivity contribution < 1.29 is 0 Å². The molecule has 11 heavy (non-hydrogen) atoms. The van der Waals surface area contributed by atoms with Crippen LogP contribution in [-0.4, -0.2) is 6.04 Å². The quantitative estimate of drug-likeness (QED) is 0.694. The molecule has 2 N–H and O–H groups in total. The number of aryl methyl sites for hydroxylation is 1. The molecule has 0 fully saturated rings. The van der Waals surface area contributed by atoms with Crippen LogP contribution in [0.25, 0.3) is 0 Å². The zero-order chi connectivity index (χ0) is 8.10. The van der Waals surface area contributed by atoms with Crippen LogP contribution in [0.3, 0.4) is 0 Å². The van der Waals surface area contributed by atoms with Gasteiger partial charge in [0.2, 0.25) is 0 Å². The van der Waals surface area contributed by atoms with E-state index in [0.717, 1.165) is 12.8 Å². The second-order valence-electron chi connectivity index (χ2n) is 2.92. The Hall–Kier alpha value is -0.820. The highest BCUT2D eigenvalue weighted by atomic mass is 14.6. The van der Waals surface area contributed by atoms with E-state index < -0.39 is 0 Å². The Balaban J connectivity index is 2.39. The molecule has 1 heteroatoms. The zero-order valence-electron chi connectivity index (χ0n) is 6.88. The van der Waals surface area contributed by atoms with Crippen LogP contribution in [0.1, 0.15) is 18.9 Å². The second kappa shape index (κ2) is 4.14. The van der Waals surface area contributed by atoms with Crippen LogP contribution in [-0.2, 0) is 6.42 Å². The predicted molar refractivity (Wildman–Crippen MR) is 47.2 cm³/mol. The number of hydrogen-bond donors (Lipinski definition) is 1. The fraction of sp³-hybridized carbons (Fsp3) is 0.400. The van der Waals surface area contributed by atoms with E-state index >= 15 is 0 Å². The highest BCUT2D eigenvalue weighted by molar-refractivity contribution is 5.13. The first kappa shape index (κ1) is 8.28. The van der Waals surface area contributed by atoms with E-state index in [0.29, 0.717) is 6.04 Å². The molecule has 1 rings (SSSR count). The third-order valence-electron chi connectivity index (χ3n) is 1.68. The monoisotopic (exact) mass is 148 g/mol. The molecule has 0 spiro atoms. The molecule has 1 unspecified atom stereocenters. The maximum Gasteiger partial charge on any atom is 0.00136 e. The molecule has 1 atom stereocenters. The Morgan fingerprint density at radius 3 is 2.64 bits per heavy atom. The zero-order valence-corrected chi connectivity index (χ0v) is 6.88. The summed E-state index contributed by atoms with van der Waals surface area (Å²) in [5.41, 5.74) is 6.98. The topological polar surface area (TPSA) is 26.0 Å². The van der Waals surface area contributed by atoms with Crippen LogP contribution in [0.2, 0.25) is 0 Å². The largest absolute Gasteiger partial charge is 0.328 e. The third-order valence-corrected chi connectivity index (χ3v) is 1.68. The van der Waals surface area contributed by atoms with Crippen LogP contribution < -0.4 is 5.73 Å². The van der Waals surface area contributed by atoms with Crippen molar-refractivity contribution in [2.24, 2.45) is 5.73 Å². The van der Waals surface area contributed by atoms with Crippen molar-refractivity contribution in [3.8, 4) is 0 Å². The van der Waals surface area contributed by atoms with Crippen molar-refractivity contribution in [3.05, 3.63) is 35.9 Å². The van der Waals surface area contributed by atoms with E-state index in [2.05, 4.69) is 18.2 Å². The SMILES string of the molecule is CC(N)CCc1cc[c]cc1. The standard InChI is InChI=1S/C10H14N/c1-9(11)7-8-10-5-3-2-4-6-10/h3-6,9H,7-8,11H2,1H3. The van der Waals surface area contributed by atoms with E-state index in [4.69, 9.17) is 5.73 Å². The summed E-state index contributed by atoms with van der Waals surface area (Å²) in [6.07, 6.45) is 2.14. The Labute approximate surface area is 68.2 Å². The van der Waals surface area contributed by atoms with E-state index in [1.54, 1.807) is 0 Å². The fourth-order valence-electron chi connectivity index (χ4n) is 0.982. The molecule has 0 aliphatic heterocycles. The lowest BCUT2D eigenvalue weighted by Gasteiger charge is -2.03. The molecule has 1 radical (unpaired) electrons. The van der Waals surface area contributed by atoms with Gasteiger partial charge in [-0.2, -0.15) is 0 Å². The van der Waals surface area contributed by atoms with E-state index in [1.165, 1.54) is 5.56 Å². The summed E-state index contributed by atoms with van der Waals surface area (Å²) < 4.78 is 0. The summed E-state index contributed by atoms with van der Waals surface area (Å²) in [6, 6.07) is 11.3. The number of rotatable bonds is 3. The van der Waals surface area contributed by atoms with Crippen molar-refractivity contribution in [2.45, 2.75) is 25.8 Å². The lowest BCUT2D eigenvalue weighted by atomic mass is 10.1. The maximum absolute atomic E-state index is 5.63. The smallest absolute Gasteiger partial charge is 0.00136 e. The molecule has 0 saturated heterocycles. The van der Waals surface area contributed by atoms with Gasteiger partial charge in [-0.3, -0.25) is 0 Å². The molecule has 1 nitrogen and oxygen atoms in total. The van der Waals surface area contributed by atoms with Gasteiger partial charge in [0.15, 0.2) is 0 Å². The lowest BCUT2D eigenvalue weighted by Crippen LogP contribution is -2.15. The average Bonchev–Trinajstić information content (AvgIpc) is 2.03. The minimum Gasteiger partial charge on any atom is -0.328 e. The molecule has 0 bridgehead atoms. The Bertz CT molecular complexity index is 191. The molecule has 0 aromatic heterocycles. The van der Waals surface area contributed by atoms with Crippen LogP contribution in [0.15, 0.2) is 24.3 Å². The van der Waals surface area contributed by atoms with Crippen molar-refractivity contribution in [1.82, 2.24) is 0 Å². The van der Waals surface area contributed by atoms with Crippen LogP contribution in [0.5, 0.6) is 0 Å². The molecule has 1 aromatic rings. The van der Waals surface area contributed by atoms with Crippen molar-refractivity contribution >= 4 is 0 Å². The molecule has 0 heterocycles. The first-order chi connectivity index (χ1) is 5.29. The molecule has 0 aliphatic carbocycles. The number of hydrogen-bond acceptors (Lipinski definition) is 1. The Morgan fingerprint density at radius 1 is 1.45 bits per heavy atom. The summed E-state index contributed by atoms with van der Waals surface area (Å²) in [4.78, 5) is 0. The van der Waals surface area contributed by atoms with Gasteiger partial charge in [0, 0.05) is 6.04 Å². The third kappa shape index (κ3) is 3.19. The highest BCUT2D eigenvalue weighted by Gasteiger charge is 1.94. The highest BCUT2D eigenvalue weighted by Crippen LogP contribution is 2.02. The van der Waals surface area contributed by atoms with E-state index in [9.17, 15) is 0 Å². The normalized spacial score (nSPS) is 12.9. The number of benzene rings is 1. The first-order valence-corrected chi connectivity index (χ1v) is 3.99. The van der Waals surface area contributed by atoms with Crippen molar-refractivity contribution in [3.63, 3.8) is 0 Å². The van der Waals surface area contributed by atoms with Gasteiger partial charge in [0.1, 0.15) is 0 Å². The van der Waals surface area contributed by atoms with Gasteiger partial charge in [0.25, 0.3) is 0 Å². The van der Waals surface area contributed by atoms with Crippen LogP contribution >= 0.6 is 0 Å². The molecule has 1 aromatic carbocycles. The summed E-state index contributed by atoms with van der Waals surface area (Å²) in [6.45, 7) is 2.04. The van der Waals surface area contributed by atoms with Gasteiger partial charge in [-0.25, -0.2) is 0 Å². The minimum absolute atomic E-state index is 0.305. The summed E-state index contributed by atoms with van der Waals surface area (Å²) in [7, 11) is 0. The molecule has 0 saturated carbocycles. The van der Waals surface area contributed by atoms with E-state index in [-0.39, 0.29) is 0 Å². The second-order valence-corrected chi connectivity index (χ2v) is 2.92. The maximum atomic E-state index is 5.63. The molecule has 0 aliphatic rings. The van der Waals surface area contributed by atoms with Gasteiger partial charge < -0.3 is 5.73 Å². The van der Waals surface area contributed by atoms with Gasteiger partial charge >= 0.3 is 0 Å². The van der Waals surface area contributed by atoms with Crippen LogP contribution in [0, 0.1) is 6.07 Å². The van der Waals surface area contributed by atoms with Gasteiger partial charge in [0.05, 0.1) is 0 Å². The molecule has 59 valence electrons. The van der Waals surface area contributed by atoms with Crippen LogP contribution in [0.4, 0.5) is 0 Å². The van der Waals surface area contributed by atoms with Gasteiger partial charge in [-0.1, -0.05) is 24.3 Å². The van der Waals surface area contributed by atoms with E-state index in [1.807, 2.05) is 19.1 Å². The predicted octanol–water partition coefficient (Wildman–Crippen LogP) is 1.77. The average molecular weight is 148 g/mol. The van der Waals surface area contributed by atoms with Gasteiger partial charge in [-0.05, 0) is 31.4 Å². The Kier molecular flexibility index (Phi) is 3.12. The Morgan fingerprint density at radius 2 is 2.09 bits per heavy atom. The van der Waals surface area contributed by atoms with Crippen molar-refractivity contribution in [1.29, 1.82) is 0 Å². The molecular formula is C10H14N. The molecular weight excluding hydrogens is 134 g/mol.